The van der Waals surface area contributed by atoms with E-state index in [-0.39, 0.29) is 0 Å². The van der Waals surface area contributed by atoms with Gasteiger partial charge in [0.05, 0.1) is 17.8 Å². The van der Waals surface area contributed by atoms with Gasteiger partial charge in [-0.15, -0.1) is 0 Å². The molecule has 0 saturated heterocycles. The number of aromatic nitrogens is 3. The van der Waals surface area contributed by atoms with Crippen LogP contribution < -0.4 is 4.74 Å². The lowest BCUT2D eigenvalue weighted by Crippen LogP contribution is -1.99. The summed E-state index contributed by atoms with van der Waals surface area (Å²) in [5.74, 6) is 0.926. The van der Waals surface area contributed by atoms with Gasteiger partial charge in [-0.2, -0.15) is 5.10 Å². The molecule has 3 aromatic rings. The van der Waals surface area contributed by atoms with Gasteiger partial charge in [0.1, 0.15) is 5.75 Å². The smallest absolute Gasteiger partial charge is 0.122 e. The molecule has 0 bridgehead atoms. The van der Waals surface area contributed by atoms with Gasteiger partial charge in [-0.05, 0) is 26.0 Å². The molecular formula is C16H17N3O. The Labute approximate surface area is 117 Å². The summed E-state index contributed by atoms with van der Waals surface area (Å²) in [5, 5.41) is 8.41. The minimum Gasteiger partial charge on any atom is -0.494 e. The van der Waals surface area contributed by atoms with Gasteiger partial charge in [0.2, 0.25) is 0 Å². The Morgan fingerprint density at radius 3 is 2.90 bits per heavy atom. The van der Waals surface area contributed by atoms with Crippen molar-refractivity contribution in [2.24, 2.45) is 0 Å². The maximum absolute atomic E-state index is 5.68. The summed E-state index contributed by atoms with van der Waals surface area (Å²) in [6.07, 6.45) is 2.55. The third kappa shape index (κ3) is 2.25. The van der Waals surface area contributed by atoms with Gasteiger partial charge in [0, 0.05) is 29.3 Å². The number of pyridine rings is 1. The Hall–Kier alpha value is -2.36. The highest BCUT2D eigenvalue weighted by atomic mass is 16.5. The minimum absolute atomic E-state index is 0.666. The van der Waals surface area contributed by atoms with E-state index in [9.17, 15) is 0 Å². The molecule has 0 unspecified atom stereocenters. The van der Waals surface area contributed by atoms with E-state index >= 15 is 0 Å². The van der Waals surface area contributed by atoms with E-state index in [1.807, 2.05) is 38.1 Å². The van der Waals surface area contributed by atoms with Gasteiger partial charge in [-0.3, -0.25) is 10.1 Å². The molecule has 1 N–H and O–H groups in total. The molecule has 2 aromatic heterocycles. The van der Waals surface area contributed by atoms with E-state index in [4.69, 9.17) is 4.74 Å². The first-order valence-electron chi connectivity index (χ1n) is 6.79. The van der Waals surface area contributed by atoms with E-state index in [2.05, 4.69) is 21.2 Å². The van der Waals surface area contributed by atoms with Crippen LogP contribution in [0.4, 0.5) is 0 Å². The molecule has 20 heavy (non-hydrogen) atoms. The summed E-state index contributed by atoms with van der Waals surface area (Å²) < 4.78 is 5.68. The molecule has 0 amide bonds. The Bertz CT molecular complexity index is 733. The molecule has 0 aliphatic carbocycles. The average Bonchev–Trinajstić information content (AvgIpc) is 2.84. The summed E-state index contributed by atoms with van der Waals surface area (Å²) in [6, 6.07) is 10.0. The molecule has 0 atom stereocenters. The number of aryl methyl sites for hydroxylation is 1. The van der Waals surface area contributed by atoms with Crippen molar-refractivity contribution in [1.29, 1.82) is 0 Å². The SMILES string of the molecule is CCOc1ccccc1Cc1nccc2n[nH]c(C)c12. The number of fused-ring (bicyclic) bond motifs is 1. The molecule has 0 radical (unpaired) electrons. The van der Waals surface area contributed by atoms with Crippen molar-refractivity contribution in [3.8, 4) is 5.75 Å². The van der Waals surface area contributed by atoms with Crippen molar-refractivity contribution in [2.45, 2.75) is 20.3 Å². The van der Waals surface area contributed by atoms with Crippen molar-refractivity contribution in [2.75, 3.05) is 6.61 Å². The van der Waals surface area contributed by atoms with E-state index < -0.39 is 0 Å². The summed E-state index contributed by atoms with van der Waals surface area (Å²) >= 11 is 0. The molecule has 0 aliphatic rings. The normalized spacial score (nSPS) is 10.9. The second-order valence-corrected chi connectivity index (χ2v) is 4.72. The monoisotopic (exact) mass is 267 g/mol. The van der Waals surface area contributed by atoms with Gasteiger partial charge in [-0.25, -0.2) is 0 Å². The van der Waals surface area contributed by atoms with Crippen molar-refractivity contribution < 1.29 is 4.74 Å². The lowest BCUT2D eigenvalue weighted by Gasteiger charge is -2.10. The Morgan fingerprint density at radius 2 is 2.05 bits per heavy atom. The first kappa shape index (κ1) is 12.7. The van der Waals surface area contributed by atoms with Crippen molar-refractivity contribution >= 4 is 10.9 Å². The molecule has 4 heteroatoms. The minimum atomic E-state index is 0.666. The van der Waals surface area contributed by atoms with Gasteiger partial charge in [0.15, 0.2) is 0 Å². The zero-order chi connectivity index (χ0) is 13.9. The third-order valence-electron chi connectivity index (χ3n) is 3.36. The summed E-state index contributed by atoms with van der Waals surface area (Å²) in [4.78, 5) is 4.52. The van der Waals surface area contributed by atoms with Crippen LogP contribution in [0.2, 0.25) is 0 Å². The number of hydrogen-bond donors (Lipinski definition) is 1. The Balaban J connectivity index is 2.03. The molecule has 3 rings (SSSR count). The number of aromatic amines is 1. The van der Waals surface area contributed by atoms with E-state index in [1.54, 1.807) is 6.20 Å². The molecule has 0 aliphatic heterocycles. The van der Waals surface area contributed by atoms with Crippen LogP contribution in [0, 0.1) is 6.92 Å². The summed E-state index contributed by atoms with van der Waals surface area (Å²) in [6.45, 7) is 4.68. The first-order valence-corrected chi connectivity index (χ1v) is 6.79. The number of ether oxygens (including phenoxy) is 1. The summed E-state index contributed by atoms with van der Waals surface area (Å²) in [7, 11) is 0. The molecule has 0 saturated carbocycles. The highest BCUT2D eigenvalue weighted by molar-refractivity contribution is 5.83. The maximum atomic E-state index is 5.68. The second-order valence-electron chi connectivity index (χ2n) is 4.72. The zero-order valence-corrected chi connectivity index (χ0v) is 11.7. The van der Waals surface area contributed by atoms with E-state index in [1.165, 1.54) is 0 Å². The topological polar surface area (TPSA) is 50.8 Å². The standard InChI is InChI=1S/C16H17N3O/c1-3-20-15-7-5-4-6-12(15)10-14-16-11(2)18-19-13(16)8-9-17-14/h4-9H,3,10H2,1-2H3,(H,18,19). The number of nitrogens with one attached hydrogen (secondary N) is 1. The Morgan fingerprint density at radius 1 is 1.20 bits per heavy atom. The van der Waals surface area contributed by atoms with Crippen molar-refractivity contribution in [1.82, 2.24) is 15.2 Å². The molecular weight excluding hydrogens is 250 g/mol. The van der Waals surface area contributed by atoms with Crippen LogP contribution in [0.3, 0.4) is 0 Å². The predicted octanol–water partition coefficient (Wildman–Crippen LogP) is 3.26. The highest BCUT2D eigenvalue weighted by Gasteiger charge is 2.11. The van der Waals surface area contributed by atoms with Gasteiger partial charge < -0.3 is 4.74 Å². The van der Waals surface area contributed by atoms with Crippen LogP contribution in [0.25, 0.3) is 10.9 Å². The van der Waals surface area contributed by atoms with Crippen LogP contribution in [-0.2, 0) is 6.42 Å². The lowest BCUT2D eigenvalue weighted by molar-refractivity contribution is 0.337. The third-order valence-corrected chi connectivity index (χ3v) is 3.36. The summed E-state index contributed by atoms with van der Waals surface area (Å²) in [5.41, 5.74) is 4.19. The van der Waals surface area contributed by atoms with Crippen molar-refractivity contribution in [3.05, 3.63) is 53.5 Å². The van der Waals surface area contributed by atoms with Crippen LogP contribution in [-0.4, -0.2) is 21.8 Å². The molecule has 0 spiro atoms. The van der Waals surface area contributed by atoms with E-state index in [0.717, 1.165) is 40.0 Å². The van der Waals surface area contributed by atoms with Crippen LogP contribution in [0.15, 0.2) is 36.5 Å². The molecule has 4 nitrogen and oxygen atoms in total. The number of hydrogen-bond acceptors (Lipinski definition) is 3. The second kappa shape index (κ2) is 5.33. The van der Waals surface area contributed by atoms with Crippen LogP contribution in [0.1, 0.15) is 23.9 Å². The highest BCUT2D eigenvalue weighted by Crippen LogP contribution is 2.25. The van der Waals surface area contributed by atoms with Gasteiger partial charge in [-0.1, -0.05) is 18.2 Å². The zero-order valence-electron chi connectivity index (χ0n) is 11.7. The fourth-order valence-corrected chi connectivity index (χ4v) is 2.46. The fourth-order valence-electron chi connectivity index (χ4n) is 2.46. The van der Waals surface area contributed by atoms with Crippen molar-refractivity contribution in [3.63, 3.8) is 0 Å². The molecule has 0 fully saturated rings. The molecule has 2 heterocycles. The Kier molecular flexibility index (Phi) is 3.37. The largest absolute Gasteiger partial charge is 0.494 e. The molecule has 102 valence electrons. The van der Waals surface area contributed by atoms with Crippen LogP contribution in [0.5, 0.6) is 5.75 Å². The number of nitrogens with zero attached hydrogens (tertiary/aromatic N) is 2. The predicted molar refractivity (Wildman–Crippen MR) is 79.0 cm³/mol. The first-order chi connectivity index (χ1) is 9.79. The number of benzene rings is 1. The van der Waals surface area contributed by atoms with Gasteiger partial charge in [0.25, 0.3) is 0 Å². The number of para-hydroxylation sites is 1. The lowest BCUT2D eigenvalue weighted by atomic mass is 10.0. The maximum Gasteiger partial charge on any atom is 0.122 e. The fraction of sp³-hybridized carbons (Fsp3) is 0.250. The van der Waals surface area contributed by atoms with Gasteiger partial charge >= 0.3 is 0 Å². The quantitative estimate of drug-likeness (QED) is 0.789. The van der Waals surface area contributed by atoms with E-state index in [0.29, 0.717) is 6.61 Å². The number of rotatable bonds is 4. The molecule has 1 aromatic carbocycles. The number of H-pyrrole nitrogens is 1. The van der Waals surface area contributed by atoms with Crippen LogP contribution >= 0.6 is 0 Å². The average molecular weight is 267 g/mol.